The van der Waals surface area contributed by atoms with Crippen LogP contribution in [0.15, 0.2) is 48.5 Å². The molecule has 3 rings (SSSR count). The van der Waals surface area contributed by atoms with E-state index in [0.29, 0.717) is 23.0 Å². The van der Waals surface area contributed by atoms with Gasteiger partial charge in [-0.3, -0.25) is 4.90 Å². The fourth-order valence-corrected chi connectivity index (χ4v) is 2.97. The Morgan fingerprint density at radius 3 is 2.64 bits per heavy atom. The molecule has 25 heavy (non-hydrogen) atoms. The fraction of sp³-hybridized carbons (Fsp3) is 0.235. The molecule has 0 saturated heterocycles. The number of rotatable bonds is 6. The summed E-state index contributed by atoms with van der Waals surface area (Å²) in [4.78, 5) is 2.06. The Bertz CT molecular complexity index is 909. The number of hydrogen-bond acceptors (Lipinski definition) is 5. The van der Waals surface area contributed by atoms with E-state index in [9.17, 15) is 0 Å². The van der Waals surface area contributed by atoms with Gasteiger partial charge in [-0.25, -0.2) is 4.68 Å². The molecule has 0 unspecified atom stereocenters. The summed E-state index contributed by atoms with van der Waals surface area (Å²) in [7, 11) is 3.62. The lowest BCUT2D eigenvalue weighted by atomic mass is 10.2. The van der Waals surface area contributed by atoms with Crippen LogP contribution in [0.5, 0.6) is 5.75 Å². The maximum absolute atomic E-state index is 6.09. The largest absolute Gasteiger partial charge is 0.496 e. The summed E-state index contributed by atoms with van der Waals surface area (Å²) in [5, 5.41) is 8.98. The zero-order valence-electron chi connectivity index (χ0n) is 14.0. The molecule has 0 aliphatic rings. The van der Waals surface area contributed by atoms with Gasteiger partial charge in [-0.2, -0.15) is 4.68 Å². The van der Waals surface area contributed by atoms with Crippen LogP contribution < -0.4 is 4.74 Å². The fourth-order valence-electron chi connectivity index (χ4n) is 2.53. The van der Waals surface area contributed by atoms with Gasteiger partial charge in [0.2, 0.25) is 4.77 Å². The molecule has 2 aromatic carbocycles. The Morgan fingerprint density at radius 2 is 1.92 bits per heavy atom. The van der Waals surface area contributed by atoms with E-state index < -0.39 is 0 Å². The zero-order chi connectivity index (χ0) is 17.8. The van der Waals surface area contributed by atoms with Crippen molar-refractivity contribution >= 4 is 23.8 Å². The highest BCUT2D eigenvalue weighted by Crippen LogP contribution is 2.23. The summed E-state index contributed by atoms with van der Waals surface area (Å²) >= 11 is 11.6. The summed E-state index contributed by atoms with van der Waals surface area (Å²) in [6, 6.07) is 15.3. The highest BCUT2D eigenvalue weighted by atomic mass is 35.5. The smallest absolute Gasteiger partial charge is 0.221 e. The molecule has 0 radical (unpaired) electrons. The number of nitrogens with zero attached hydrogens (tertiary/aromatic N) is 5. The van der Waals surface area contributed by atoms with Crippen LogP contribution in [0.4, 0.5) is 0 Å². The first-order chi connectivity index (χ1) is 12.1. The predicted octanol–water partition coefficient (Wildman–Crippen LogP) is 3.55. The van der Waals surface area contributed by atoms with Gasteiger partial charge in [0.1, 0.15) is 5.75 Å². The monoisotopic (exact) mass is 375 g/mol. The lowest BCUT2D eigenvalue weighted by Gasteiger charge is -2.18. The minimum atomic E-state index is 0.501. The molecule has 1 heterocycles. The van der Waals surface area contributed by atoms with E-state index in [1.54, 1.807) is 16.5 Å². The third kappa shape index (κ3) is 4.07. The molecule has 0 aliphatic carbocycles. The average molecular weight is 376 g/mol. The quantitative estimate of drug-likeness (QED) is 0.616. The molecule has 3 aromatic rings. The van der Waals surface area contributed by atoms with Gasteiger partial charge in [0.05, 0.1) is 19.5 Å². The van der Waals surface area contributed by atoms with E-state index >= 15 is 0 Å². The van der Waals surface area contributed by atoms with Crippen LogP contribution in [0.2, 0.25) is 5.02 Å². The number of aromatic nitrogens is 4. The number of benzene rings is 2. The molecular weight excluding hydrogens is 358 g/mol. The molecule has 8 heteroatoms. The molecule has 6 nitrogen and oxygen atoms in total. The topological polar surface area (TPSA) is 48.1 Å². The maximum atomic E-state index is 6.09. The SMILES string of the molecule is COc1ccc(Cl)cc1CN(C)Cn1nnn(-c2ccccc2)c1=S. The van der Waals surface area contributed by atoms with Crippen molar-refractivity contribution in [2.45, 2.75) is 13.2 Å². The number of tetrazole rings is 1. The molecule has 0 spiro atoms. The van der Waals surface area contributed by atoms with Gasteiger partial charge in [-0.05, 0) is 60.0 Å². The molecule has 1 aromatic heterocycles. The van der Waals surface area contributed by atoms with E-state index in [0.717, 1.165) is 17.0 Å². The van der Waals surface area contributed by atoms with Gasteiger partial charge in [0.15, 0.2) is 0 Å². The summed E-state index contributed by atoms with van der Waals surface area (Å²) < 4.78 is 9.25. The molecule has 0 amide bonds. The van der Waals surface area contributed by atoms with Crippen molar-refractivity contribution in [2.24, 2.45) is 0 Å². The van der Waals surface area contributed by atoms with Crippen LogP contribution in [0.1, 0.15) is 5.56 Å². The maximum Gasteiger partial charge on any atom is 0.221 e. The number of halogens is 1. The van der Waals surface area contributed by atoms with Crippen LogP contribution >= 0.6 is 23.8 Å². The van der Waals surface area contributed by atoms with Crippen LogP contribution in [0.3, 0.4) is 0 Å². The molecule has 0 saturated carbocycles. The average Bonchev–Trinajstić information content (AvgIpc) is 2.96. The normalized spacial score (nSPS) is 11.0. The van der Waals surface area contributed by atoms with Crippen LogP contribution in [0, 0.1) is 4.77 Å². The van der Waals surface area contributed by atoms with Crippen molar-refractivity contribution in [3.05, 3.63) is 63.9 Å². The number of ether oxygens (including phenoxy) is 1. The van der Waals surface area contributed by atoms with E-state index in [1.807, 2.05) is 55.6 Å². The second-order valence-corrected chi connectivity index (χ2v) is 6.42. The van der Waals surface area contributed by atoms with Crippen molar-refractivity contribution in [2.75, 3.05) is 14.2 Å². The number of methoxy groups -OCH3 is 1. The number of hydrogen-bond donors (Lipinski definition) is 0. The molecule has 0 fully saturated rings. The third-order valence-corrected chi connectivity index (χ3v) is 4.32. The summed E-state index contributed by atoms with van der Waals surface area (Å²) in [5.74, 6) is 0.799. The van der Waals surface area contributed by atoms with E-state index in [1.165, 1.54) is 0 Å². The van der Waals surface area contributed by atoms with Crippen LogP contribution in [-0.2, 0) is 13.2 Å². The standard InChI is InChI=1S/C17H18ClN5OS/c1-21(11-13-10-14(18)8-9-16(13)24-2)12-22-17(25)23(20-19-22)15-6-4-3-5-7-15/h3-10H,11-12H2,1-2H3. The molecule has 0 bridgehead atoms. The third-order valence-electron chi connectivity index (χ3n) is 3.70. The highest BCUT2D eigenvalue weighted by molar-refractivity contribution is 7.71. The van der Waals surface area contributed by atoms with Crippen molar-refractivity contribution in [3.8, 4) is 11.4 Å². The molecule has 0 aliphatic heterocycles. The van der Waals surface area contributed by atoms with Gasteiger partial charge in [0.25, 0.3) is 0 Å². The predicted molar refractivity (Wildman–Crippen MR) is 99.7 cm³/mol. The Balaban J connectivity index is 1.76. The molecule has 0 N–H and O–H groups in total. The van der Waals surface area contributed by atoms with Crippen molar-refractivity contribution in [1.82, 2.24) is 24.7 Å². The molecule has 0 atom stereocenters. The lowest BCUT2D eigenvalue weighted by Crippen LogP contribution is -2.23. The Labute approximate surface area is 156 Å². The Kier molecular flexibility index (Phi) is 5.47. The first-order valence-electron chi connectivity index (χ1n) is 7.67. The Morgan fingerprint density at radius 1 is 1.16 bits per heavy atom. The summed E-state index contributed by atoms with van der Waals surface area (Å²) in [6.45, 7) is 1.14. The molecular formula is C17H18ClN5OS. The van der Waals surface area contributed by atoms with Gasteiger partial charge >= 0.3 is 0 Å². The van der Waals surface area contributed by atoms with E-state index in [-0.39, 0.29) is 0 Å². The van der Waals surface area contributed by atoms with Crippen molar-refractivity contribution in [3.63, 3.8) is 0 Å². The second-order valence-electron chi connectivity index (χ2n) is 5.62. The highest BCUT2D eigenvalue weighted by Gasteiger charge is 2.11. The number of para-hydroxylation sites is 1. The van der Waals surface area contributed by atoms with Gasteiger partial charge in [-0.15, -0.1) is 0 Å². The van der Waals surface area contributed by atoms with Gasteiger partial charge < -0.3 is 4.74 Å². The summed E-state index contributed by atoms with van der Waals surface area (Å²) in [6.07, 6.45) is 0. The van der Waals surface area contributed by atoms with Crippen molar-refractivity contribution < 1.29 is 4.74 Å². The van der Waals surface area contributed by atoms with E-state index in [4.69, 9.17) is 28.6 Å². The minimum absolute atomic E-state index is 0.501. The zero-order valence-corrected chi connectivity index (χ0v) is 15.5. The second kappa shape index (κ2) is 7.77. The van der Waals surface area contributed by atoms with Crippen LogP contribution in [0.25, 0.3) is 5.69 Å². The van der Waals surface area contributed by atoms with Crippen LogP contribution in [-0.4, -0.2) is 38.8 Å². The Hall–Kier alpha value is -2.22. The first-order valence-corrected chi connectivity index (χ1v) is 8.46. The first kappa shape index (κ1) is 17.6. The lowest BCUT2D eigenvalue weighted by molar-refractivity contribution is 0.238. The minimum Gasteiger partial charge on any atom is -0.496 e. The van der Waals surface area contributed by atoms with Gasteiger partial charge in [0, 0.05) is 17.1 Å². The summed E-state index contributed by atoms with van der Waals surface area (Å²) in [5.41, 5.74) is 1.89. The molecule has 130 valence electrons. The van der Waals surface area contributed by atoms with E-state index in [2.05, 4.69) is 15.3 Å². The van der Waals surface area contributed by atoms with Gasteiger partial charge in [-0.1, -0.05) is 29.8 Å². The van der Waals surface area contributed by atoms with Crippen molar-refractivity contribution in [1.29, 1.82) is 0 Å².